The molecule has 0 radical (unpaired) electrons. The molecule has 0 saturated carbocycles. The van der Waals surface area contributed by atoms with E-state index in [-0.39, 0.29) is 11.9 Å². The lowest BCUT2D eigenvalue weighted by molar-refractivity contribution is -0.119. The fourth-order valence-corrected chi connectivity index (χ4v) is 3.55. The number of anilines is 1. The fraction of sp³-hybridized carbons (Fsp3) is 0.350. The predicted octanol–water partition coefficient (Wildman–Crippen LogP) is 3.51. The van der Waals surface area contributed by atoms with Gasteiger partial charge < -0.3 is 14.6 Å². The third kappa shape index (κ3) is 3.14. The van der Waals surface area contributed by atoms with E-state index in [0.717, 1.165) is 53.5 Å². The van der Waals surface area contributed by atoms with Crippen LogP contribution >= 0.6 is 0 Å². The van der Waals surface area contributed by atoms with Crippen LogP contribution in [0.5, 0.6) is 0 Å². The highest BCUT2D eigenvalue weighted by molar-refractivity contribution is 5.76. The molecule has 1 unspecified atom stereocenters. The highest BCUT2D eigenvalue weighted by Gasteiger charge is 2.31. The second kappa shape index (κ2) is 6.78. The second-order valence-corrected chi connectivity index (χ2v) is 6.69. The van der Waals surface area contributed by atoms with Gasteiger partial charge in [-0.25, -0.2) is 9.97 Å². The molecule has 0 bridgehead atoms. The largest absolute Gasteiger partial charge is 0.462 e. The van der Waals surface area contributed by atoms with Crippen LogP contribution in [0.3, 0.4) is 0 Å². The van der Waals surface area contributed by atoms with E-state index in [1.54, 1.807) is 0 Å². The standard InChI is InChI=1S/C20H22N4O2/c1-13-20(23-17-7-4-3-6-16(17)22-13)24-11-5-8-18(24)19-10-9-15(26-19)12-21-14(2)25/h3-4,6-7,9-10,18H,5,8,11-12H2,1-2H3,(H,21,25). The molecular formula is C20H22N4O2. The molecule has 26 heavy (non-hydrogen) atoms. The summed E-state index contributed by atoms with van der Waals surface area (Å²) in [7, 11) is 0. The van der Waals surface area contributed by atoms with Gasteiger partial charge in [0.25, 0.3) is 0 Å². The number of carbonyl (C=O) groups excluding carboxylic acids is 1. The van der Waals surface area contributed by atoms with E-state index in [1.165, 1.54) is 6.92 Å². The number of nitrogens with zero attached hydrogens (tertiary/aromatic N) is 3. The summed E-state index contributed by atoms with van der Waals surface area (Å²) < 4.78 is 5.99. The van der Waals surface area contributed by atoms with E-state index in [1.807, 2.05) is 43.3 Å². The van der Waals surface area contributed by atoms with Gasteiger partial charge >= 0.3 is 0 Å². The number of nitrogens with one attached hydrogen (secondary N) is 1. The predicted molar refractivity (Wildman–Crippen MR) is 99.8 cm³/mol. The number of aryl methyl sites for hydroxylation is 1. The Morgan fingerprint density at radius 3 is 2.77 bits per heavy atom. The van der Waals surface area contributed by atoms with Gasteiger partial charge in [-0.2, -0.15) is 0 Å². The first kappa shape index (κ1) is 16.6. The minimum atomic E-state index is -0.0625. The van der Waals surface area contributed by atoms with Crippen LogP contribution in [0.1, 0.15) is 43.0 Å². The molecule has 1 amide bonds. The first-order valence-electron chi connectivity index (χ1n) is 8.95. The maximum Gasteiger partial charge on any atom is 0.217 e. The van der Waals surface area contributed by atoms with Gasteiger partial charge in [-0.3, -0.25) is 4.79 Å². The Morgan fingerprint density at radius 1 is 1.23 bits per heavy atom. The first-order valence-corrected chi connectivity index (χ1v) is 8.95. The summed E-state index contributed by atoms with van der Waals surface area (Å²) in [6.07, 6.45) is 2.10. The third-order valence-corrected chi connectivity index (χ3v) is 4.77. The molecule has 1 N–H and O–H groups in total. The molecule has 134 valence electrons. The lowest BCUT2D eigenvalue weighted by Crippen LogP contribution is -2.24. The Labute approximate surface area is 152 Å². The average molecular weight is 350 g/mol. The average Bonchev–Trinajstić information content (AvgIpc) is 3.28. The van der Waals surface area contributed by atoms with Gasteiger partial charge in [0.2, 0.25) is 5.91 Å². The second-order valence-electron chi connectivity index (χ2n) is 6.69. The minimum absolute atomic E-state index is 0.0625. The van der Waals surface area contributed by atoms with Crippen molar-refractivity contribution in [2.75, 3.05) is 11.4 Å². The number of hydrogen-bond acceptors (Lipinski definition) is 5. The fourth-order valence-electron chi connectivity index (χ4n) is 3.55. The molecule has 1 saturated heterocycles. The van der Waals surface area contributed by atoms with Gasteiger partial charge in [-0.1, -0.05) is 12.1 Å². The van der Waals surface area contributed by atoms with Crippen molar-refractivity contribution in [1.82, 2.24) is 15.3 Å². The zero-order valence-corrected chi connectivity index (χ0v) is 15.0. The Kier molecular flexibility index (Phi) is 4.32. The summed E-state index contributed by atoms with van der Waals surface area (Å²) in [5.41, 5.74) is 2.75. The van der Waals surface area contributed by atoms with Crippen molar-refractivity contribution in [1.29, 1.82) is 0 Å². The molecule has 1 fully saturated rings. The summed E-state index contributed by atoms with van der Waals surface area (Å²) >= 11 is 0. The zero-order valence-electron chi connectivity index (χ0n) is 15.0. The Balaban J connectivity index is 1.63. The summed E-state index contributed by atoms with van der Waals surface area (Å²) in [5, 5.41) is 2.77. The molecule has 1 aliphatic heterocycles. The van der Waals surface area contributed by atoms with Crippen LogP contribution in [-0.4, -0.2) is 22.4 Å². The van der Waals surface area contributed by atoms with Crippen LogP contribution in [0, 0.1) is 6.92 Å². The molecule has 6 heteroatoms. The van der Waals surface area contributed by atoms with Gasteiger partial charge in [0, 0.05) is 13.5 Å². The molecule has 1 aromatic carbocycles. The van der Waals surface area contributed by atoms with Crippen molar-refractivity contribution in [2.24, 2.45) is 0 Å². The molecule has 1 atom stereocenters. The molecule has 3 heterocycles. The maximum atomic E-state index is 11.1. The van der Waals surface area contributed by atoms with Gasteiger partial charge in [0.05, 0.1) is 29.3 Å². The monoisotopic (exact) mass is 350 g/mol. The van der Waals surface area contributed by atoms with E-state index >= 15 is 0 Å². The number of carbonyl (C=O) groups is 1. The highest BCUT2D eigenvalue weighted by atomic mass is 16.3. The number of furan rings is 1. The SMILES string of the molecule is CC(=O)NCc1ccc(C2CCCN2c2nc3ccccc3nc2C)o1. The van der Waals surface area contributed by atoms with Crippen molar-refractivity contribution in [3.05, 3.63) is 53.6 Å². The number of benzene rings is 1. The van der Waals surface area contributed by atoms with Crippen LogP contribution in [-0.2, 0) is 11.3 Å². The van der Waals surface area contributed by atoms with Crippen molar-refractivity contribution in [3.8, 4) is 0 Å². The van der Waals surface area contributed by atoms with Crippen molar-refractivity contribution in [2.45, 2.75) is 39.3 Å². The van der Waals surface area contributed by atoms with E-state index in [9.17, 15) is 4.79 Å². The van der Waals surface area contributed by atoms with Crippen LogP contribution < -0.4 is 10.2 Å². The Hall–Kier alpha value is -2.89. The molecular weight excluding hydrogens is 328 g/mol. The summed E-state index contributed by atoms with van der Waals surface area (Å²) in [4.78, 5) is 23.0. The number of rotatable bonds is 4. The highest BCUT2D eigenvalue weighted by Crippen LogP contribution is 2.37. The molecule has 6 nitrogen and oxygen atoms in total. The van der Waals surface area contributed by atoms with E-state index in [4.69, 9.17) is 14.4 Å². The van der Waals surface area contributed by atoms with Gasteiger partial charge in [-0.05, 0) is 44.0 Å². The van der Waals surface area contributed by atoms with E-state index < -0.39 is 0 Å². The molecule has 0 aliphatic carbocycles. The Morgan fingerprint density at radius 2 is 2.00 bits per heavy atom. The van der Waals surface area contributed by atoms with E-state index in [2.05, 4.69) is 10.2 Å². The van der Waals surface area contributed by atoms with Crippen LogP contribution in [0.2, 0.25) is 0 Å². The molecule has 3 aromatic rings. The molecule has 0 spiro atoms. The van der Waals surface area contributed by atoms with Gasteiger partial charge in [0.1, 0.15) is 11.5 Å². The minimum Gasteiger partial charge on any atom is -0.462 e. The quantitative estimate of drug-likeness (QED) is 0.780. The number of amides is 1. The molecule has 4 rings (SSSR count). The molecule has 1 aliphatic rings. The number of para-hydroxylation sites is 2. The third-order valence-electron chi connectivity index (χ3n) is 4.77. The lowest BCUT2D eigenvalue weighted by Gasteiger charge is -2.25. The zero-order chi connectivity index (χ0) is 18.1. The number of aromatic nitrogens is 2. The van der Waals surface area contributed by atoms with Gasteiger partial charge in [-0.15, -0.1) is 0 Å². The summed E-state index contributed by atoms with van der Waals surface area (Å²) in [5.74, 6) is 2.54. The number of fused-ring (bicyclic) bond motifs is 1. The van der Waals surface area contributed by atoms with Crippen LogP contribution in [0.4, 0.5) is 5.82 Å². The van der Waals surface area contributed by atoms with Crippen molar-refractivity contribution in [3.63, 3.8) is 0 Å². The van der Waals surface area contributed by atoms with Crippen LogP contribution in [0.15, 0.2) is 40.8 Å². The number of hydrogen-bond donors (Lipinski definition) is 1. The smallest absolute Gasteiger partial charge is 0.217 e. The lowest BCUT2D eigenvalue weighted by atomic mass is 10.1. The Bertz CT molecular complexity index is 950. The summed E-state index contributed by atoms with van der Waals surface area (Å²) in [6.45, 7) is 4.86. The van der Waals surface area contributed by atoms with E-state index in [0.29, 0.717) is 6.54 Å². The van der Waals surface area contributed by atoms with Crippen LogP contribution in [0.25, 0.3) is 11.0 Å². The first-order chi connectivity index (χ1) is 12.6. The molecule has 2 aromatic heterocycles. The van der Waals surface area contributed by atoms with Crippen molar-refractivity contribution >= 4 is 22.8 Å². The topological polar surface area (TPSA) is 71.3 Å². The maximum absolute atomic E-state index is 11.1. The van der Waals surface area contributed by atoms with Crippen molar-refractivity contribution < 1.29 is 9.21 Å². The summed E-state index contributed by atoms with van der Waals surface area (Å²) in [6, 6.07) is 12.0. The van der Waals surface area contributed by atoms with Gasteiger partial charge in [0.15, 0.2) is 5.82 Å². The normalized spacial score (nSPS) is 17.0.